The van der Waals surface area contributed by atoms with E-state index < -0.39 is 0 Å². The van der Waals surface area contributed by atoms with Crippen molar-refractivity contribution in [1.82, 2.24) is 0 Å². The predicted molar refractivity (Wildman–Crippen MR) is 66.2 cm³/mol. The highest BCUT2D eigenvalue weighted by molar-refractivity contribution is 5.85. The molecule has 0 bridgehead atoms. The van der Waals surface area contributed by atoms with Gasteiger partial charge in [-0.05, 0) is 32.6 Å². The Morgan fingerprint density at radius 2 is 1.56 bits per heavy atom. The van der Waals surface area contributed by atoms with Crippen LogP contribution in [0.2, 0.25) is 0 Å². The second kappa shape index (κ2) is 6.72. The van der Waals surface area contributed by atoms with Crippen molar-refractivity contribution in [1.29, 1.82) is 0 Å². The van der Waals surface area contributed by atoms with Crippen LogP contribution in [0.15, 0.2) is 11.1 Å². The van der Waals surface area contributed by atoms with Gasteiger partial charge in [0.1, 0.15) is 0 Å². The molecule has 2 heteroatoms. The van der Waals surface area contributed by atoms with Crippen molar-refractivity contribution in [3.63, 3.8) is 0 Å². The maximum absolute atomic E-state index is 11.7. The normalized spacial score (nSPS) is 15.4. The number of esters is 1. The topological polar surface area (TPSA) is 26.3 Å². The van der Waals surface area contributed by atoms with Crippen molar-refractivity contribution < 1.29 is 9.53 Å². The van der Waals surface area contributed by atoms with Crippen molar-refractivity contribution >= 4 is 5.97 Å². The van der Waals surface area contributed by atoms with Crippen LogP contribution in [0.4, 0.5) is 0 Å². The van der Waals surface area contributed by atoms with Crippen LogP contribution in [0, 0.1) is 5.92 Å². The van der Waals surface area contributed by atoms with Gasteiger partial charge in [-0.3, -0.25) is 4.79 Å². The second-order valence-electron chi connectivity index (χ2n) is 4.44. The van der Waals surface area contributed by atoms with Crippen LogP contribution in [0.5, 0.6) is 0 Å². The van der Waals surface area contributed by atoms with Gasteiger partial charge < -0.3 is 4.74 Å². The molecule has 0 heterocycles. The third-order valence-corrected chi connectivity index (χ3v) is 3.15. The van der Waals surface area contributed by atoms with Crippen LogP contribution < -0.4 is 0 Å². The van der Waals surface area contributed by atoms with E-state index in [4.69, 9.17) is 4.74 Å². The van der Waals surface area contributed by atoms with Crippen molar-refractivity contribution in [2.45, 2.75) is 59.3 Å². The molecule has 0 aromatic rings. The Morgan fingerprint density at radius 1 is 1.06 bits per heavy atom. The SMILES string of the molecule is CCCCC1=C(CCCC)C1C(=O)OCC. The van der Waals surface area contributed by atoms with Gasteiger partial charge in [0.15, 0.2) is 0 Å². The molecule has 0 fully saturated rings. The molecule has 0 saturated carbocycles. The molecule has 0 saturated heterocycles. The lowest BCUT2D eigenvalue weighted by molar-refractivity contribution is -0.144. The summed E-state index contributed by atoms with van der Waals surface area (Å²) in [5.41, 5.74) is 2.77. The molecule has 0 unspecified atom stereocenters. The Bertz CT molecular complexity index is 248. The highest BCUT2D eigenvalue weighted by Crippen LogP contribution is 2.46. The Labute approximate surface area is 99.1 Å². The van der Waals surface area contributed by atoms with E-state index in [0.717, 1.165) is 12.8 Å². The number of hydrogen-bond donors (Lipinski definition) is 0. The van der Waals surface area contributed by atoms with E-state index in [1.165, 1.54) is 36.8 Å². The molecule has 0 N–H and O–H groups in total. The fourth-order valence-corrected chi connectivity index (χ4v) is 2.17. The average Bonchev–Trinajstić information content (AvgIpc) is 2.97. The second-order valence-corrected chi connectivity index (χ2v) is 4.44. The first-order valence-corrected chi connectivity index (χ1v) is 6.64. The van der Waals surface area contributed by atoms with Gasteiger partial charge in [-0.1, -0.05) is 37.8 Å². The third-order valence-electron chi connectivity index (χ3n) is 3.15. The lowest BCUT2D eigenvalue weighted by Crippen LogP contribution is -2.09. The molecule has 0 amide bonds. The molecule has 0 aromatic heterocycles. The molecule has 0 atom stereocenters. The molecule has 92 valence electrons. The first-order valence-electron chi connectivity index (χ1n) is 6.64. The van der Waals surface area contributed by atoms with E-state index in [-0.39, 0.29) is 11.9 Å². The summed E-state index contributed by atoms with van der Waals surface area (Å²) in [4.78, 5) is 11.7. The van der Waals surface area contributed by atoms with Gasteiger partial charge in [0.25, 0.3) is 0 Å². The number of carbonyl (C=O) groups excluding carboxylic acids is 1. The molecular weight excluding hydrogens is 200 g/mol. The largest absolute Gasteiger partial charge is 0.465 e. The third kappa shape index (κ3) is 3.36. The Kier molecular flexibility index (Phi) is 5.58. The zero-order valence-electron chi connectivity index (χ0n) is 10.8. The van der Waals surface area contributed by atoms with Gasteiger partial charge in [0.05, 0.1) is 12.5 Å². The number of hydrogen-bond acceptors (Lipinski definition) is 2. The molecule has 0 aliphatic heterocycles. The van der Waals surface area contributed by atoms with Crippen LogP contribution >= 0.6 is 0 Å². The summed E-state index contributed by atoms with van der Waals surface area (Å²) in [6.07, 6.45) is 6.97. The maximum Gasteiger partial charge on any atom is 0.317 e. The van der Waals surface area contributed by atoms with Gasteiger partial charge in [-0.2, -0.15) is 0 Å². The van der Waals surface area contributed by atoms with Gasteiger partial charge in [-0.15, -0.1) is 0 Å². The number of ether oxygens (including phenoxy) is 1. The van der Waals surface area contributed by atoms with E-state index in [1.54, 1.807) is 0 Å². The zero-order chi connectivity index (χ0) is 12.0. The molecule has 2 nitrogen and oxygen atoms in total. The van der Waals surface area contributed by atoms with Gasteiger partial charge in [-0.25, -0.2) is 0 Å². The lowest BCUT2D eigenvalue weighted by atomic mass is 10.1. The molecule has 0 radical (unpaired) electrons. The summed E-state index contributed by atoms with van der Waals surface area (Å²) in [5, 5.41) is 0. The lowest BCUT2D eigenvalue weighted by Gasteiger charge is -2.02. The summed E-state index contributed by atoms with van der Waals surface area (Å²) in [6.45, 7) is 6.75. The summed E-state index contributed by atoms with van der Waals surface area (Å²) in [7, 11) is 0. The Morgan fingerprint density at radius 3 is 1.94 bits per heavy atom. The summed E-state index contributed by atoms with van der Waals surface area (Å²) in [5.74, 6) is 0.0535. The highest BCUT2D eigenvalue weighted by Gasteiger charge is 2.41. The van der Waals surface area contributed by atoms with E-state index in [0.29, 0.717) is 6.61 Å². The first kappa shape index (κ1) is 13.3. The monoisotopic (exact) mass is 224 g/mol. The van der Waals surface area contributed by atoms with E-state index in [2.05, 4.69) is 13.8 Å². The number of carbonyl (C=O) groups is 1. The summed E-state index contributed by atoms with van der Waals surface area (Å²) in [6, 6.07) is 0. The minimum absolute atomic E-state index is 0.0142. The van der Waals surface area contributed by atoms with Crippen LogP contribution in [0.3, 0.4) is 0 Å². The van der Waals surface area contributed by atoms with E-state index in [9.17, 15) is 4.79 Å². The highest BCUT2D eigenvalue weighted by atomic mass is 16.5. The van der Waals surface area contributed by atoms with Crippen LogP contribution in [-0.4, -0.2) is 12.6 Å². The minimum atomic E-state index is -0.0142. The van der Waals surface area contributed by atoms with E-state index >= 15 is 0 Å². The summed E-state index contributed by atoms with van der Waals surface area (Å²) < 4.78 is 5.11. The maximum atomic E-state index is 11.7. The molecule has 1 aliphatic carbocycles. The van der Waals surface area contributed by atoms with Crippen molar-refractivity contribution in [3.8, 4) is 0 Å². The first-order chi connectivity index (χ1) is 7.76. The smallest absolute Gasteiger partial charge is 0.317 e. The van der Waals surface area contributed by atoms with Crippen molar-refractivity contribution in [3.05, 3.63) is 11.1 Å². The van der Waals surface area contributed by atoms with Crippen LogP contribution in [0.25, 0.3) is 0 Å². The van der Waals surface area contributed by atoms with Crippen molar-refractivity contribution in [2.24, 2.45) is 5.92 Å². The number of unbranched alkanes of at least 4 members (excludes halogenated alkanes) is 2. The molecule has 1 aliphatic rings. The molecule has 0 spiro atoms. The fraction of sp³-hybridized carbons (Fsp3) is 0.786. The van der Waals surface area contributed by atoms with Crippen LogP contribution in [-0.2, 0) is 9.53 Å². The Hall–Kier alpha value is -0.790. The fourth-order valence-electron chi connectivity index (χ4n) is 2.17. The van der Waals surface area contributed by atoms with E-state index in [1.807, 2.05) is 6.92 Å². The Balaban J connectivity index is 2.44. The van der Waals surface area contributed by atoms with Crippen molar-refractivity contribution in [2.75, 3.05) is 6.61 Å². The number of rotatable bonds is 8. The van der Waals surface area contributed by atoms with Gasteiger partial charge >= 0.3 is 5.97 Å². The average molecular weight is 224 g/mol. The van der Waals surface area contributed by atoms with Crippen LogP contribution in [0.1, 0.15) is 59.3 Å². The molecule has 16 heavy (non-hydrogen) atoms. The standard InChI is InChI=1S/C14H24O2/c1-4-7-9-11-12(10-8-5-2)13(11)14(15)16-6-3/h13H,4-10H2,1-3H3. The molecule has 1 rings (SSSR count). The van der Waals surface area contributed by atoms with Gasteiger partial charge in [0, 0.05) is 0 Å². The van der Waals surface area contributed by atoms with Gasteiger partial charge in [0.2, 0.25) is 0 Å². The quantitative estimate of drug-likeness (QED) is 0.462. The molecule has 0 aromatic carbocycles. The predicted octanol–water partition coefficient (Wildman–Crippen LogP) is 3.86. The minimum Gasteiger partial charge on any atom is -0.465 e. The molecular formula is C14H24O2. The summed E-state index contributed by atoms with van der Waals surface area (Å²) >= 11 is 0. The zero-order valence-corrected chi connectivity index (χ0v) is 10.8.